The minimum atomic E-state index is -2.85. The molecule has 14 heavy (non-hydrogen) atoms. The number of hydrogen-bond acceptors (Lipinski definition) is 4. The SMILES string of the molecule is N#Cc1cnc(CO)c(N)c1C(F)F. The first-order valence-corrected chi connectivity index (χ1v) is 3.68. The Morgan fingerprint density at radius 1 is 1.64 bits per heavy atom. The van der Waals surface area contributed by atoms with Gasteiger partial charge in [0.15, 0.2) is 0 Å². The minimum absolute atomic E-state index is 0.0423. The zero-order valence-corrected chi connectivity index (χ0v) is 7.04. The molecule has 6 heteroatoms. The van der Waals surface area contributed by atoms with Gasteiger partial charge in [-0.05, 0) is 0 Å². The fourth-order valence-electron chi connectivity index (χ4n) is 1.03. The molecule has 0 amide bonds. The highest BCUT2D eigenvalue weighted by atomic mass is 19.3. The number of nitrogens with two attached hydrogens (primary N) is 1. The molecule has 1 aromatic rings. The van der Waals surface area contributed by atoms with E-state index in [0.717, 1.165) is 6.20 Å². The quantitative estimate of drug-likeness (QED) is 0.743. The van der Waals surface area contributed by atoms with Crippen molar-refractivity contribution in [3.05, 3.63) is 23.0 Å². The van der Waals surface area contributed by atoms with Crippen molar-refractivity contribution in [2.24, 2.45) is 0 Å². The fraction of sp³-hybridized carbons (Fsp3) is 0.250. The largest absolute Gasteiger partial charge is 0.397 e. The van der Waals surface area contributed by atoms with Gasteiger partial charge in [-0.2, -0.15) is 5.26 Å². The summed E-state index contributed by atoms with van der Waals surface area (Å²) in [7, 11) is 0. The first-order valence-electron chi connectivity index (χ1n) is 3.68. The molecule has 74 valence electrons. The molecule has 0 spiro atoms. The van der Waals surface area contributed by atoms with Crippen molar-refractivity contribution in [3.8, 4) is 6.07 Å². The summed E-state index contributed by atoms with van der Waals surface area (Å²) >= 11 is 0. The molecule has 4 nitrogen and oxygen atoms in total. The molecule has 0 unspecified atom stereocenters. The molecule has 1 heterocycles. The number of nitrogens with zero attached hydrogens (tertiary/aromatic N) is 2. The van der Waals surface area contributed by atoms with Gasteiger partial charge in [-0.15, -0.1) is 0 Å². The molecule has 0 aliphatic rings. The second kappa shape index (κ2) is 3.98. The van der Waals surface area contributed by atoms with E-state index in [4.69, 9.17) is 16.1 Å². The lowest BCUT2D eigenvalue weighted by atomic mass is 10.1. The Morgan fingerprint density at radius 2 is 2.29 bits per heavy atom. The zero-order valence-electron chi connectivity index (χ0n) is 7.04. The van der Waals surface area contributed by atoms with Gasteiger partial charge in [0.1, 0.15) is 6.07 Å². The number of aliphatic hydroxyl groups excluding tert-OH is 1. The minimum Gasteiger partial charge on any atom is -0.397 e. The second-order valence-electron chi connectivity index (χ2n) is 2.52. The molecule has 0 saturated carbocycles. The molecule has 0 radical (unpaired) electrons. The summed E-state index contributed by atoms with van der Waals surface area (Å²) < 4.78 is 24.9. The van der Waals surface area contributed by atoms with Crippen LogP contribution in [0.1, 0.15) is 23.2 Å². The monoisotopic (exact) mass is 199 g/mol. The van der Waals surface area contributed by atoms with E-state index in [-0.39, 0.29) is 16.9 Å². The Labute approximate surface area is 78.6 Å². The van der Waals surface area contributed by atoms with Gasteiger partial charge in [-0.1, -0.05) is 0 Å². The number of rotatable bonds is 2. The van der Waals surface area contributed by atoms with Gasteiger partial charge in [0.2, 0.25) is 0 Å². The highest BCUT2D eigenvalue weighted by Crippen LogP contribution is 2.29. The summed E-state index contributed by atoms with van der Waals surface area (Å²) in [5.41, 5.74) is 4.13. The van der Waals surface area contributed by atoms with Gasteiger partial charge in [-0.3, -0.25) is 4.98 Å². The Balaban J connectivity index is 3.41. The number of nitriles is 1. The first-order chi connectivity index (χ1) is 6.61. The van der Waals surface area contributed by atoms with Crippen LogP contribution in [0.3, 0.4) is 0 Å². The van der Waals surface area contributed by atoms with Crippen molar-refractivity contribution < 1.29 is 13.9 Å². The lowest BCUT2D eigenvalue weighted by Gasteiger charge is -2.09. The molecular formula is C8H7F2N3O. The smallest absolute Gasteiger partial charge is 0.267 e. The van der Waals surface area contributed by atoms with E-state index in [1.54, 1.807) is 6.07 Å². The van der Waals surface area contributed by atoms with Crippen LogP contribution >= 0.6 is 0 Å². The number of halogens is 2. The van der Waals surface area contributed by atoms with E-state index in [9.17, 15) is 8.78 Å². The van der Waals surface area contributed by atoms with Crippen LogP contribution in [0.2, 0.25) is 0 Å². The van der Waals surface area contributed by atoms with Gasteiger partial charge in [-0.25, -0.2) is 8.78 Å². The molecule has 0 aliphatic heterocycles. The maximum atomic E-state index is 12.5. The highest BCUT2D eigenvalue weighted by molar-refractivity contribution is 5.57. The van der Waals surface area contributed by atoms with Crippen LogP contribution in [0, 0.1) is 11.3 Å². The third-order valence-corrected chi connectivity index (χ3v) is 1.73. The maximum Gasteiger partial charge on any atom is 0.267 e. The van der Waals surface area contributed by atoms with Crippen LogP contribution < -0.4 is 5.73 Å². The third-order valence-electron chi connectivity index (χ3n) is 1.73. The summed E-state index contributed by atoms with van der Waals surface area (Å²) in [4.78, 5) is 3.58. The van der Waals surface area contributed by atoms with Crippen molar-refractivity contribution in [3.63, 3.8) is 0 Å². The van der Waals surface area contributed by atoms with Gasteiger partial charge < -0.3 is 10.8 Å². The standard InChI is InChI=1S/C8H7F2N3O/c9-8(10)6-4(1-11)2-13-5(3-14)7(6)12/h2,8,14H,3,12H2. The van der Waals surface area contributed by atoms with E-state index in [0.29, 0.717) is 0 Å². The van der Waals surface area contributed by atoms with Crippen molar-refractivity contribution in [2.45, 2.75) is 13.0 Å². The third kappa shape index (κ3) is 1.63. The lowest BCUT2D eigenvalue weighted by molar-refractivity contribution is 0.151. The molecule has 0 saturated heterocycles. The predicted molar refractivity (Wildman–Crippen MR) is 44.2 cm³/mol. The fourth-order valence-corrected chi connectivity index (χ4v) is 1.03. The van der Waals surface area contributed by atoms with Gasteiger partial charge in [0.25, 0.3) is 6.43 Å². The number of anilines is 1. The van der Waals surface area contributed by atoms with Crippen LogP contribution in [0.4, 0.5) is 14.5 Å². The Bertz CT molecular complexity index is 387. The summed E-state index contributed by atoms with van der Waals surface area (Å²) in [5, 5.41) is 17.2. The molecule has 0 bridgehead atoms. The maximum absolute atomic E-state index is 12.5. The number of nitrogen functional groups attached to an aromatic ring is 1. The zero-order chi connectivity index (χ0) is 10.7. The van der Waals surface area contributed by atoms with Gasteiger partial charge >= 0.3 is 0 Å². The Hall–Kier alpha value is -1.74. The normalized spacial score (nSPS) is 10.2. The lowest BCUT2D eigenvalue weighted by Crippen LogP contribution is -2.05. The van der Waals surface area contributed by atoms with Crippen molar-refractivity contribution in [2.75, 3.05) is 5.73 Å². The van der Waals surface area contributed by atoms with E-state index >= 15 is 0 Å². The molecule has 0 aliphatic carbocycles. The summed E-state index contributed by atoms with van der Waals surface area (Å²) in [6, 6.07) is 1.56. The van der Waals surface area contributed by atoms with Crippen LogP contribution in [0.25, 0.3) is 0 Å². The molecule has 1 aromatic heterocycles. The molecule has 0 fully saturated rings. The topological polar surface area (TPSA) is 82.9 Å². The Kier molecular flexibility index (Phi) is 2.94. The van der Waals surface area contributed by atoms with Crippen LogP contribution in [-0.4, -0.2) is 10.1 Å². The predicted octanol–water partition coefficient (Wildman–Crippen LogP) is 0.965. The second-order valence-corrected chi connectivity index (χ2v) is 2.52. The number of aliphatic hydroxyl groups is 1. The van der Waals surface area contributed by atoms with E-state index in [1.807, 2.05) is 0 Å². The molecule has 3 N–H and O–H groups in total. The van der Waals surface area contributed by atoms with Gasteiger partial charge in [0.05, 0.1) is 29.1 Å². The van der Waals surface area contributed by atoms with Gasteiger partial charge in [0, 0.05) is 6.20 Å². The van der Waals surface area contributed by atoms with Crippen molar-refractivity contribution in [1.29, 1.82) is 5.26 Å². The molecular weight excluding hydrogens is 192 g/mol. The van der Waals surface area contributed by atoms with E-state index in [2.05, 4.69) is 4.98 Å². The van der Waals surface area contributed by atoms with Crippen LogP contribution in [0.5, 0.6) is 0 Å². The summed E-state index contributed by atoms with van der Waals surface area (Å²) in [6.45, 7) is -0.530. The summed E-state index contributed by atoms with van der Waals surface area (Å²) in [5.74, 6) is 0. The van der Waals surface area contributed by atoms with Crippen LogP contribution in [0.15, 0.2) is 6.20 Å². The van der Waals surface area contributed by atoms with Crippen LogP contribution in [-0.2, 0) is 6.61 Å². The van der Waals surface area contributed by atoms with Crippen molar-refractivity contribution in [1.82, 2.24) is 4.98 Å². The number of aromatic nitrogens is 1. The number of pyridine rings is 1. The van der Waals surface area contributed by atoms with Crippen molar-refractivity contribution >= 4 is 5.69 Å². The summed E-state index contributed by atoms with van der Waals surface area (Å²) in [6.07, 6.45) is -1.87. The first kappa shape index (κ1) is 10.3. The van der Waals surface area contributed by atoms with E-state index < -0.39 is 18.6 Å². The number of alkyl halides is 2. The average molecular weight is 199 g/mol. The highest BCUT2D eigenvalue weighted by Gasteiger charge is 2.19. The van der Waals surface area contributed by atoms with E-state index in [1.165, 1.54) is 0 Å². The average Bonchev–Trinajstić information content (AvgIpc) is 2.16. The molecule has 1 rings (SSSR count). The molecule has 0 aromatic carbocycles. The number of hydrogen-bond donors (Lipinski definition) is 2. The Morgan fingerprint density at radius 3 is 2.71 bits per heavy atom. The molecule has 0 atom stereocenters.